The van der Waals surface area contributed by atoms with Crippen molar-refractivity contribution in [3.05, 3.63) is 70.8 Å². The normalized spacial score (nSPS) is 11.8. The third kappa shape index (κ3) is 4.63. The van der Waals surface area contributed by atoms with Crippen molar-refractivity contribution in [3.8, 4) is 0 Å². The minimum Gasteiger partial charge on any atom is -0.391 e. The number of rotatable bonds is 4. The summed E-state index contributed by atoms with van der Waals surface area (Å²) in [7, 11) is 0. The van der Waals surface area contributed by atoms with E-state index in [1.165, 1.54) is 18.3 Å². The fourth-order valence-electron chi connectivity index (χ4n) is 1.65. The average Bonchev–Trinajstić information content (AvgIpc) is 2.45. The molecule has 5 heteroatoms. The zero-order valence-corrected chi connectivity index (χ0v) is 11.4. The fraction of sp³-hybridized carbons (Fsp3) is 0.188. The van der Waals surface area contributed by atoms with E-state index >= 15 is 0 Å². The van der Waals surface area contributed by atoms with Gasteiger partial charge in [0.05, 0.1) is 11.8 Å². The van der Waals surface area contributed by atoms with E-state index in [-0.39, 0.29) is 0 Å². The highest BCUT2D eigenvalue weighted by Crippen LogP contribution is 2.28. The Hall–Kier alpha value is -2.30. The molecule has 0 spiro atoms. The van der Waals surface area contributed by atoms with Crippen molar-refractivity contribution in [2.75, 3.05) is 0 Å². The number of alkyl halides is 3. The van der Waals surface area contributed by atoms with Crippen molar-refractivity contribution in [2.45, 2.75) is 19.7 Å². The molecule has 0 heterocycles. The number of aryl methyl sites for hydroxylation is 1. The fourth-order valence-corrected chi connectivity index (χ4v) is 1.65. The van der Waals surface area contributed by atoms with E-state index < -0.39 is 11.7 Å². The zero-order valence-electron chi connectivity index (χ0n) is 11.4. The zero-order chi connectivity index (χ0) is 15.3. The number of halogens is 3. The van der Waals surface area contributed by atoms with Gasteiger partial charge in [-0.05, 0) is 30.2 Å². The van der Waals surface area contributed by atoms with E-state index in [2.05, 4.69) is 5.16 Å². The second-order valence-corrected chi connectivity index (χ2v) is 4.61. The van der Waals surface area contributed by atoms with Gasteiger partial charge >= 0.3 is 6.18 Å². The Morgan fingerprint density at radius 2 is 1.62 bits per heavy atom. The van der Waals surface area contributed by atoms with Crippen LogP contribution in [0.25, 0.3) is 0 Å². The van der Waals surface area contributed by atoms with Gasteiger partial charge in [-0.1, -0.05) is 47.1 Å². The largest absolute Gasteiger partial charge is 0.416 e. The van der Waals surface area contributed by atoms with E-state index in [9.17, 15) is 13.2 Å². The maximum Gasteiger partial charge on any atom is 0.416 e. The molecular formula is C16H14F3NO. The molecule has 21 heavy (non-hydrogen) atoms. The molecule has 0 saturated heterocycles. The van der Waals surface area contributed by atoms with Crippen LogP contribution in [0, 0.1) is 6.92 Å². The van der Waals surface area contributed by atoms with Gasteiger partial charge in [0.15, 0.2) is 0 Å². The van der Waals surface area contributed by atoms with Crippen molar-refractivity contribution in [1.82, 2.24) is 0 Å². The van der Waals surface area contributed by atoms with Crippen molar-refractivity contribution in [1.29, 1.82) is 0 Å². The highest BCUT2D eigenvalue weighted by molar-refractivity contribution is 5.79. The lowest BCUT2D eigenvalue weighted by atomic mass is 10.1. The SMILES string of the molecule is Cc1ccc(CON=Cc2ccc(C(F)(F)F)cc2)cc1. The molecule has 0 aliphatic carbocycles. The van der Waals surface area contributed by atoms with Crippen LogP contribution >= 0.6 is 0 Å². The van der Waals surface area contributed by atoms with Crippen LogP contribution in [0.5, 0.6) is 0 Å². The highest BCUT2D eigenvalue weighted by Gasteiger charge is 2.29. The minimum absolute atomic E-state index is 0.317. The predicted octanol–water partition coefficient (Wildman–Crippen LogP) is 4.56. The molecule has 0 aliphatic rings. The monoisotopic (exact) mass is 293 g/mol. The van der Waals surface area contributed by atoms with Crippen LogP contribution in [0.1, 0.15) is 22.3 Å². The van der Waals surface area contributed by atoms with Gasteiger partial charge in [0, 0.05) is 0 Å². The number of hydrogen-bond donors (Lipinski definition) is 0. The first kappa shape index (κ1) is 15.1. The molecule has 0 unspecified atom stereocenters. The Balaban J connectivity index is 1.88. The molecule has 0 aromatic heterocycles. The molecule has 2 nitrogen and oxygen atoms in total. The maximum absolute atomic E-state index is 12.4. The van der Waals surface area contributed by atoms with E-state index in [0.717, 1.165) is 23.3 Å². The molecule has 0 bridgehead atoms. The van der Waals surface area contributed by atoms with Gasteiger partial charge in [-0.3, -0.25) is 0 Å². The van der Waals surface area contributed by atoms with Crippen LogP contribution in [0.4, 0.5) is 13.2 Å². The molecule has 2 aromatic rings. The molecule has 0 fully saturated rings. The molecular weight excluding hydrogens is 279 g/mol. The summed E-state index contributed by atoms with van der Waals surface area (Å²) in [6.07, 6.45) is -2.94. The van der Waals surface area contributed by atoms with E-state index in [1.807, 2.05) is 31.2 Å². The van der Waals surface area contributed by atoms with Gasteiger partial charge in [-0.15, -0.1) is 0 Å². The van der Waals surface area contributed by atoms with Gasteiger partial charge in [0.1, 0.15) is 6.61 Å². The minimum atomic E-state index is -4.32. The van der Waals surface area contributed by atoms with Gasteiger partial charge in [0.2, 0.25) is 0 Å². The standard InChI is InChI=1S/C16H14F3NO/c1-12-2-4-14(5-3-12)11-21-20-10-13-6-8-15(9-7-13)16(17,18)19/h2-10H,11H2,1H3. The lowest BCUT2D eigenvalue weighted by Crippen LogP contribution is -2.04. The molecule has 0 radical (unpaired) electrons. The van der Waals surface area contributed by atoms with Crippen molar-refractivity contribution in [3.63, 3.8) is 0 Å². The molecule has 0 aliphatic heterocycles. The highest BCUT2D eigenvalue weighted by atomic mass is 19.4. The summed E-state index contributed by atoms with van der Waals surface area (Å²) in [6.45, 7) is 2.31. The summed E-state index contributed by atoms with van der Waals surface area (Å²) in [6, 6.07) is 12.5. The van der Waals surface area contributed by atoms with Crippen LogP contribution in [0.2, 0.25) is 0 Å². The number of hydrogen-bond acceptors (Lipinski definition) is 2. The van der Waals surface area contributed by atoms with Crippen LogP contribution in [-0.2, 0) is 17.6 Å². The van der Waals surface area contributed by atoms with E-state index in [4.69, 9.17) is 4.84 Å². The summed E-state index contributed by atoms with van der Waals surface area (Å²) in [5.74, 6) is 0. The Labute approximate surface area is 120 Å². The van der Waals surface area contributed by atoms with Crippen LogP contribution in [-0.4, -0.2) is 6.21 Å². The first-order valence-electron chi connectivity index (χ1n) is 6.33. The van der Waals surface area contributed by atoms with Gasteiger partial charge in [-0.2, -0.15) is 13.2 Å². The smallest absolute Gasteiger partial charge is 0.391 e. The lowest BCUT2D eigenvalue weighted by molar-refractivity contribution is -0.137. The van der Waals surface area contributed by atoms with Gasteiger partial charge < -0.3 is 4.84 Å². The first-order chi connectivity index (χ1) is 9.95. The molecule has 0 saturated carbocycles. The van der Waals surface area contributed by atoms with Crippen LogP contribution in [0.3, 0.4) is 0 Å². The molecule has 0 N–H and O–H groups in total. The van der Waals surface area contributed by atoms with Crippen LogP contribution < -0.4 is 0 Å². The third-order valence-electron chi connectivity index (χ3n) is 2.87. The maximum atomic E-state index is 12.4. The summed E-state index contributed by atoms with van der Waals surface area (Å²) in [4.78, 5) is 5.11. The summed E-state index contributed by atoms with van der Waals surface area (Å²) in [5.41, 5.74) is 2.00. The number of nitrogens with zero attached hydrogens (tertiary/aromatic N) is 1. The van der Waals surface area contributed by atoms with E-state index in [0.29, 0.717) is 12.2 Å². The van der Waals surface area contributed by atoms with Gasteiger partial charge in [-0.25, -0.2) is 0 Å². The van der Waals surface area contributed by atoms with Gasteiger partial charge in [0.25, 0.3) is 0 Å². The quantitative estimate of drug-likeness (QED) is 0.598. The van der Waals surface area contributed by atoms with E-state index in [1.54, 1.807) is 0 Å². The lowest BCUT2D eigenvalue weighted by Gasteiger charge is -2.05. The van der Waals surface area contributed by atoms with Crippen molar-refractivity contribution >= 4 is 6.21 Å². The summed E-state index contributed by atoms with van der Waals surface area (Å²) in [5, 5.41) is 3.74. The molecule has 2 rings (SSSR count). The molecule has 0 atom stereocenters. The Morgan fingerprint density at radius 3 is 2.19 bits per heavy atom. The van der Waals surface area contributed by atoms with Crippen molar-refractivity contribution < 1.29 is 18.0 Å². The number of oxime groups is 1. The third-order valence-corrected chi connectivity index (χ3v) is 2.87. The first-order valence-corrected chi connectivity index (χ1v) is 6.33. The second-order valence-electron chi connectivity index (χ2n) is 4.61. The molecule has 2 aromatic carbocycles. The Bertz CT molecular complexity index is 601. The average molecular weight is 293 g/mol. The Kier molecular flexibility index (Phi) is 4.62. The summed E-state index contributed by atoms with van der Waals surface area (Å²) < 4.78 is 37.2. The Morgan fingerprint density at radius 1 is 1.00 bits per heavy atom. The topological polar surface area (TPSA) is 21.6 Å². The van der Waals surface area contributed by atoms with Crippen molar-refractivity contribution in [2.24, 2.45) is 5.16 Å². The molecule has 110 valence electrons. The number of benzene rings is 2. The second kappa shape index (κ2) is 6.43. The molecule has 0 amide bonds. The summed E-state index contributed by atoms with van der Waals surface area (Å²) >= 11 is 0. The van der Waals surface area contributed by atoms with Crippen LogP contribution in [0.15, 0.2) is 53.7 Å². The predicted molar refractivity (Wildman–Crippen MR) is 75.0 cm³/mol.